The number of amides is 1. The SMILES string of the molecule is Cc1ccc(SCCC(=O)NCC2CNC2)cc1. The molecule has 2 N–H and O–H groups in total. The topological polar surface area (TPSA) is 41.1 Å². The maximum Gasteiger partial charge on any atom is 0.220 e. The van der Waals surface area contributed by atoms with Crippen LogP contribution in [0.2, 0.25) is 0 Å². The van der Waals surface area contributed by atoms with E-state index in [0.717, 1.165) is 25.4 Å². The first kappa shape index (κ1) is 13.4. The highest BCUT2D eigenvalue weighted by molar-refractivity contribution is 7.99. The predicted molar refractivity (Wildman–Crippen MR) is 75.9 cm³/mol. The lowest BCUT2D eigenvalue weighted by atomic mass is 10.0. The van der Waals surface area contributed by atoms with Crippen molar-refractivity contribution in [2.24, 2.45) is 5.92 Å². The van der Waals surface area contributed by atoms with Crippen LogP contribution < -0.4 is 10.6 Å². The Hall–Kier alpha value is -1.00. The summed E-state index contributed by atoms with van der Waals surface area (Å²) in [5.74, 6) is 1.65. The van der Waals surface area contributed by atoms with Crippen molar-refractivity contribution in [1.29, 1.82) is 0 Å². The lowest BCUT2D eigenvalue weighted by Gasteiger charge is -2.27. The Morgan fingerprint density at radius 2 is 2.11 bits per heavy atom. The van der Waals surface area contributed by atoms with E-state index in [4.69, 9.17) is 0 Å². The molecule has 1 heterocycles. The minimum Gasteiger partial charge on any atom is -0.356 e. The van der Waals surface area contributed by atoms with Gasteiger partial charge < -0.3 is 10.6 Å². The monoisotopic (exact) mass is 264 g/mol. The molecule has 98 valence electrons. The summed E-state index contributed by atoms with van der Waals surface area (Å²) in [5.41, 5.74) is 1.27. The second-order valence-corrected chi connectivity index (χ2v) is 5.91. The maximum atomic E-state index is 11.6. The van der Waals surface area contributed by atoms with E-state index in [-0.39, 0.29) is 5.91 Å². The van der Waals surface area contributed by atoms with Gasteiger partial charge in [-0.1, -0.05) is 17.7 Å². The summed E-state index contributed by atoms with van der Waals surface area (Å²) in [7, 11) is 0. The highest BCUT2D eigenvalue weighted by Crippen LogP contribution is 2.18. The van der Waals surface area contributed by atoms with Gasteiger partial charge in [0.1, 0.15) is 0 Å². The van der Waals surface area contributed by atoms with Crippen LogP contribution in [0.15, 0.2) is 29.2 Å². The Labute approximate surface area is 113 Å². The largest absolute Gasteiger partial charge is 0.356 e. The van der Waals surface area contributed by atoms with Crippen LogP contribution in [0.5, 0.6) is 0 Å². The molecule has 0 bridgehead atoms. The molecule has 0 spiro atoms. The molecular formula is C14H20N2OS. The first-order chi connectivity index (χ1) is 8.74. The van der Waals surface area contributed by atoms with Crippen LogP contribution in [0.4, 0.5) is 0 Å². The third-order valence-corrected chi connectivity index (χ3v) is 4.09. The lowest BCUT2D eigenvalue weighted by molar-refractivity contribution is -0.120. The van der Waals surface area contributed by atoms with Crippen LogP contribution >= 0.6 is 11.8 Å². The van der Waals surface area contributed by atoms with Gasteiger partial charge in [0.05, 0.1) is 0 Å². The molecule has 1 saturated heterocycles. The van der Waals surface area contributed by atoms with E-state index in [1.165, 1.54) is 10.5 Å². The fraction of sp³-hybridized carbons (Fsp3) is 0.500. The molecule has 1 amide bonds. The second-order valence-electron chi connectivity index (χ2n) is 4.74. The van der Waals surface area contributed by atoms with E-state index in [1.54, 1.807) is 11.8 Å². The van der Waals surface area contributed by atoms with E-state index in [2.05, 4.69) is 41.8 Å². The number of aryl methyl sites for hydroxylation is 1. The van der Waals surface area contributed by atoms with Crippen molar-refractivity contribution in [3.05, 3.63) is 29.8 Å². The Morgan fingerprint density at radius 3 is 2.72 bits per heavy atom. The van der Waals surface area contributed by atoms with Gasteiger partial charge in [-0.25, -0.2) is 0 Å². The van der Waals surface area contributed by atoms with Gasteiger partial charge in [-0.05, 0) is 19.1 Å². The van der Waals surface area contributed by atoms with Crippen LogP contribution in [0.1, 0.15) is 12.0 Å². The Kier molecular flexibility index (Phi) is 5.08. The number of carbonyl (C=O) groups is 1. The van der Waals surface area contributed by atoms with Crippen LogP contribution in [0.3, 0.4) is 0 Å². The van der Waals surface area contributed by atoms with Crippen LogP contribution in [0, 0.1) is 12.8 Å². The van der Waals surface area contributed by atoms with Crippen LogP contribution in [-0.2, 0) is 4.79 Å². The molecule has 18 heavy (non-hydrogen) atoms. The first-order valence-corrected chi connectivity index (χ1v) is 7.39. The van der Waals surface area contributed by atoms with Crippen molar-refractivity contribution in [2.75, 3.05) is 25.4 Å². The zero-order valence-corrected chi connectivity index (χ0v) is 11.6. The smallest absolute Gasteiger partial charge is 0.220 e. The number of carbonyl (C=O) groups excluding carboxylic acids is 1. The first-order valence-electron chi connectivity index (χ1n) is 6.41. The average Bonchev–Trinajstić information content (AvgIpc) is 2.30. The number of hydrogen-bond acceptors (Lipinski definition) is 3. The molecule has 0 saturated carbocycles. The Balaban J connectivity index is 1.59. The minimum atomic E-state index is 0.168. The molecule has 0 aliphatic carbocycles. The van der Waals surface area contributed by atoms with Crippen molar-refractivity contribution < 1.29 is 4.79 Å². The standard InChI is InChI=1S/C14H20N2OS/c1-11-2-4-13(5-3-11)18-7-6-14(17)16-10-12-8-15-9-12/h2-5,12,15H,6-10H2,1H3,(H,16,17). The van der Waals surface area contributed by atoms with Crippen molar-refractivity contribution in [2.45, 2.75) is 18.2 Å². The zero-order chi connectivity index (χ0) is 12.8. The molecule has 2 rings (SSSR count). The minimum absolute atomic E-state index is 0.168. The molecule has 1 aliphatic rings. The summed E-state index contributed by atoms with van der Waals surface area (Å²) in [5, 5.41) is 6.19. The fourth-order valence-corrected chi connectivity index (χ4v) is 2.59. The van der Waals surface area contributed by atoms with Gasteiger partial charge in [0, 0.05) is 42.6 Å². The highest BCUT2D eigenvalue weighted by atomic mass is 32.2. The summed E-state index contributed by atoms with van der Waals surface area (Å²) in [4.78, 5) is 12.8. The lowest BCUT2D eigenvalue weighted by Crippen LogP contribution is -2.48. The van der Waals surface area contributed by atoms with E-state index < -0.39 is 0 Å². The quantitative estimate of drug-likeness (QED) is 0.770. The summed E-state index contributed by atoms with van der Waals surface area (Å²) >= 11 is 1.74. The van der Waals surface area contributed by atoms with Crippen LogP contribution in [0.25, 0.3) is 0 Å². The van der Waals surface area contributed by atoms with Crippen molar-refractivity contribution >= 4 is 17.7 Å². The normalized spacial score (nSPS) is 15.2. The van der Waals surface area contributed by atoms with E-state index in [1.807, 2.05) is 0 Å². The molecular weight excluding hydrogens is 244 g/mol. The number of rotatable bonds is 6. The summed E-state index contributed by atoms with van der Waals surface area (Å²) in [6.45, 7) is 4.98. The molecule has 1 aliphatic heterocycles. The number of benzene rings is 1. The van der Waals surface area contributed by atoms with Gasteiger partial charge >= 0.3 is 0 Å². The van der Waals surface area contributed by atoms with E-state index >= 15 is 0 Å². The molecule has 1 aromatic rings. The number of thioether (sulfide) groups is 1. The van der Waals surface area contributed by atoms with Crippen LogP contribution in [-0.4, -0.2) is 31.3 Å². The van der Waals surface area contributed by atoms with Gasteiger partial charge in [0.15, 0.2) is 0 Å². The molecule has 0 atom stereocenters. The average molecular weight is 264 g/mol. The number of hydrogen-bond donors (Lipinski definition) is 2. The Morgan fingerprint density at radius 1 is 1.39 bits per heavy atom. The summed E-state index contributed by atoms with van der Waals surface area (Å²) in [6.07, 6.45) is 0.596. The van der Waals surface area contributed by atoms with Crippen molar-refractivity contribution in [1.82, 2.24) is 10.6 Å². The molecule has 1 fully saturated rings. The van der Waals surface area contributed by atoms with Gasteiger partial charge in [-0.15, -0.1) is 11.8 Å². The van der Waals surface area contributed by atoms with Gasteiger partial charge in [-0.2, -0.15) is 0 Å². The second kappa shape index (κ2) is 6.81. The third kappa shape index (κ3) is 4.35. The van der Waals surface area contributed by atoms with Gasteiger partial charge in [0.2, 0.25) is 5.91 Å². The molecule has 1 aromatic carbocycles. The molecule has 4 heteroatoms. The van der Waals surface area contributed by atoms with Gasteiger partial charge in [-0.3, -0.25) is 4.79 Å². The fourth-order valence-electron chi connectivity index (χ4n) is 1.74. The summed E-state index contributed by atoms with van der Waals surface area (Å²) in [6, 6.07) is 8.42. The highest BCUT2D eigenvalue weighted by Gasteiger charge is 2.16. The zero-order valence-electron chi connectivity index (χ0n) is 10.7. The third-order valence-electron chi connectivity index (χ3n) is 3.07. The predicted octanol–water partition coefficient (Wildman–Crippen LogP) is 1.81. The maximum absolute atomic E-state index is 11.6. The molecule has 0 aromatic heterocycles. The number of nitrogens with one attached hydrogen (secondary N) is 2. The molecule has 0 unspecified atom stereocenters. The Bertz CT molecular complexity index is 387. The van der Waals surface area contributed by atoms with Crippen molar-refractivity contribution in [3.8, 4) is 0 Å². The molecule has 0 radical (unpaired) electrons. The molecule has 3 nitrogen and oxygen atoms in total. The van der Waals surface area contributed by atoms with E-state index in [9.17, 15) is 4.79 Å². The van der Waals surface area contributed by atoms with Gasteiger partial charge in [0.25, 0.3) is 0 Å². The summed E-state index contributed by atoms with van der Waals surface area (Å²) < 4.78 is 0. The van der Waals surface area contributed by atoms with Crippen molar-refractivity contribution in [3.63, 3.8) is 0 Å². The van der Waals surface area contributed by atoms with E-state index in [0.29, 0.717) is 12.3 Å².